The Morgan fingerprint density at radius 1 is 1.35 bits per heavy atom. The predicted molar refractivity (Wildman–Crippen MR) is 94.0 cm³/mol. The van der Waals surface area contributed by atoms with Crippen LogP contribution < -0.4 is 5.32 Å². The molecule has 2 aromatic rings. The van der Waals surface area contributed by atoms with Crippen LogP contribution in [0.4, 0.5) is 0 Å². The van der Waals surface area contributed by atoms with Crippen LogP contribution in [0.3, 0.4) is 0 Å². The van der Waals surface area contributed by atoms with E-state index in [1.165, 1.54) is 0 Å². The lowest BCUT2D eigenvalue weighted by Gasteiger charge is -2.12. The van der Waals surface area contributed by atoms with Gasteiger partial charge in [-0.2, -0.15) is 0 Å². The molecule has 0 fully saturated rings. The smallest absolute Gasteiger partial charge is 0.223 e. The van der Waals surface area contributed by atoms with Gasteiger partial charge in [-0.3, -0.25) is 4.79 Å². The minimum Gasteiger partial charge on any atom is -0.356 e. The average molecular weight is 311 g/mol. The second-order valence-electron chi connectivity index (χ2n) is 5.72. The molecule has 1 aromatic carbocycles. The number of nitrogens with one attached hydrogen (secondary N) is 1. The number of nitrogens with zero attached hydrogens (tertiary/aromatic N) is 2. The van der Waals surface area contributed by atoms with E-state index in [4.69, 9.17) is 6.42 Å². The van der Waals surface area contributed by atoms with Gasteiger partial charge in [-0.15, -0.1) is 6.42 Å². The standard InChI is InChI=1S/C19H25N3O/c1-4-14-22-17-11-8-7-10-16(17)21-18(22)12-9-13-20-19(23)15(5-2)6-3/h1,7-8,10-11,15H,5-6,9,12-14H2,2-3H3,(H,20,23). The molecule has 0 saturated heterocycles. The molecular weight excluding hydrogens is 286 g/mol. The Kier molecular flexibility index (Phi) is 6.22. The maximum atomic E-state index is 12.0. The van der Waals surface area contributed by atoms with Gasteiger partial charge in [0.15, 0.2) is 0 Å². The van der Waals surface area contributed by atoms with Crippen LogP contribution in [0, 0.1) is 18.3 Å². The molecule has 0 bridgehead atoms. The highest BCUT2D eigenvalue weighted by atomic mass is 16.1. The van der Waals surface area contributed by atoms with E-state index in [0.29, 0.717) is 13.1 Å². The first-order chi connectivity index (χ1) is 11.2. The molecule has 1 N–H and O–H groups in total. The third-order valence-electron chi connectivity index (χ3n) is 4.22. The number of para-hydroxylation sites is 2. The van der Waals surface area contributed by atoms with Crippen LogP contribution in [-0.2, 0) is 17.8 Å². The summed E-state index contributed by atoms with van der Waals surface area (Å²) < 4.78 is 2.08. The zero-order valence-corrected chi connectivity index (χ0v) is 14.0. The van der Waals surface area contributed by atoms with Gasteiger partial charge in [-0.25, -0.2) is 4.98 Å². The Hall–Kier alpha value is -2.28. The molecule has 122 valence electrons. The van der Waals surface area contributed by atoms with Crippen LogP contribution >= 0.6 is 0 Å². The van der Waals surface area contributed by atoms with Gasteiger partial charge >= 0.3 is 0 Å². The van der Waals surface area contributed by atoms with Crippen molar-refractivity contribution in [2.45, 2.75) is 46.1 Å². The van der Waals surface area contributed by atoms with E-state index in [-0.39, 0.29) is 11.8 Å². The van der Waals surface area contributed by atoms with Crippen molar-refractivity contribution in [1.82, 2.24) is 14.9 Å². The van der Waals surface area contributed by atoms with Crippen molar-refractivity contribution in [1.29, 1.82) is 0 Å². The fraction of sp³-hybridized carbons (Fsp3) is 0.474. The molecule has 1 heterocycles. The number of terminal acetylenes is 1. The number of rotatable bonds is 8. The van der Waals surface area contributed by atoms with Crippen molar-refractivity contribution >= 4 is 16.9 Å². The summed E-state index contributed by atoms with van der Waals surface area (Å²) in [5.41, 5.74) is 2.04. The lowest BCUT2D eigenvalue weighted by molar-refractivity contribution is -0.125. The first-order valence-electron chi connectivity index (χ1n) is 8.36. The second-order valence-corrected chi connectivity index (χ2v) is 5.72. The van der Waals surface area contributed by atoms with Gasteiger partial charge in [0.05, 0.1) is 17.6 Å². The van der Waals surface area contributed by atoms with Crippen molar-refractivity contribution in [3.05, 3.63) is 30.1 Å². The lowest BCUT2D eigenvalue weighted by Crippen LogP contribution is -2.31. The molecule has 2 rings (SSSR count). The van der Waals surface area contributed by atoms with Crippen molar-refractivity contribution in [2.75, 3.05) is 6.54 Å². The minimum absolute atomic E-state index is 0.126. The number of fused-ring (bicyclic) bond motifs is 1. The molecule has 1 aromatic heterocycles. The van der Waals surface area contributed by atoms with Gasteiger partial charge in [0.25, 0.3) is 0 Å². The highest BCUT2D eigenvalue weighted by Crippen LogP contribution is 2.16. The van der Waals surface area contributed by atoms with Gasteiger partial charge < -0.3 is 9.88 Å². The van der Waals surface area contributed by atoms with Crippen LogP contribution in [0.1, 0.15) is 38.9 Å². The Bertz CT molecular complexity index is 692. The number of hydrogen-bond donors (Lipinski definition) is 1. The summed E-state index contributed by atoms with van der Waals surface area (Å²) in [5.74, 6) is 3.97. The van der Waals surface area contributed by atoms with Gasteiger partial charge in [0, 0.05) is 18.9 Å². The van der Waals surface area contributed by atoms with Crippen molar-refractivity contribution in [2.24, 2.45) is 5.92 Å². The zero-order valence-electron chi connectivity index (χ0n) is 14.0. The fourth-order valence-electron chi connectivity index (χ4n) is 2.85. The van der Waals surface area contributed by atoms with E-state index in [2.05, 4.69) is 34.6 Å². The summed E-state index contributed by atoms with van der Waals surface area (Å²) in [6, 6.07) is 8.02. The predicted octanol–water partition coefficient (Wildman–Crippen LogP) is 3.15. The van der Waals surface area contributed by atoms with E-state index in [1.807, 2.05) is 24.3 Å². The lowest BCUT2D eigenvalue weighted by atomic mass is 10.0. The summed E-state index contributed by atoms with van der Waals surface area (Å²) in [6.07, 6.45) is 8.93. The molecule has 0 aliphatic carbocycles. The average Bonchev–Trinajstić information content (AvgIpc) is 2.91. The Morgan fingerprint density at radius 3 is 2.78 bits per heavy atom. The normalized spacial score (nSPS) is 10.9. The third-order valence-corrected chi connectivity index (χ3v) is 4.22. The molecule has 0 spiro atoms. The summed E-state index contributed by atoms with van der Waals surface area (Å²) in [7, 11) is 0. The van der Waals surface area contributed by atoms with Crippen molar-refractivity contribution in [3.63, 3.8) is 0 Å². The van der Waals surface area contributed by atoms with Gasteiger partial charge in [-0.1, -0.05) is 31.9 Å². The van der Waals surface area contributed by atoms with Crippen LogP contribution in [0.25, 0.3) is 11.0 Å². The Labute approximate surface area is 138 Å². The van der Waals surface area contributed by atoms with Gasteiger partial charge in [0.2, 0.25) is 5.91 Å². The SMILES string of the molecule is C#CCn1c(CCCNC(=O)C(CC)CC)nc2ccccc21. The molecule has 23 heavy (non-hydrogen) atoms. The first kappa shape index (κ1) is 17.1. The Balaban J connectivity index is 1.96. The highest BCUT2D eigenvalue weighted by molar-refractivity contribution is 5.78. The van der Waals surface area contributed by atoms with E-state index in [0.717, 1.165) is 42.5 Å². The topological polar surface area (TPSA) is 46.9 Å². The summed E-state index contributed by atoms with van der Waals surface area (Å²) in [4.78, 5) is 16.6. The summed E-state index contributed by atoms with van der Waals surface area (Å²) >= 11 is 0. The van der Waals surface area contributed by atoms with Gasteiger partial charge in [-0.05, 0) is 31.4 Å². The number of aryl methyl sites for hydroxylation is 1. The number of carbonyl (C=O) groups is 1. The van der Waals surface area contributed by atoms with E-state index in [1.54, 1.807) is 0 Å². The van der Waals surface area contributed by atoms with E-state index in [9.17, 15) is 4.79 Å². The van der Waals surface area contributed by atoms with E-state index >= 15 is 0 Å². The zero-order chi connectivity index (χ0) is 16.7. The monoisotopic (exact) mass is 311 g/mol. The molecule has 4 heteroatoms. The number of amides is 1. The third kappa shape index (κ3) is 4.13. The van der Waals surface area contributed by atoms with Crippen molar-refractivity contribution < 1.29 is 4.79 Å². The van der Waals surface area contributed by atoms with Gasteiger partial charge in [0.1, 0.15) is 5.82 Å². The molecular formula is C19H25N3O. The molecule has 4 nitrogen and oxygen atoms in total. The number of benzene rings is 1. The number of carbonyl (C=O) groups excluding carboxylic acids is 1. The maximum Gasteiger partial charge on any atom is 0.223 e. The quantitative estimate of drug-likeness (QED) is 0.601. The summed E-state index contributed by atoms with van der Waals surface area (Å²) in [5, 5.41) is 3.02. The highest BCUT2D eigenvalue weighted by Gasteiger charge is 2.13. The molecule has 1 amide bonds. The maximum absolute atomic E-state index is 12.0. The Morgan fingerprint density at radius 2 is 2.09 bits per heavy atom. The number of aromatic nitrogens is 2. The molecule has 0 radical (unpaired) electrons. The second kappa shape index (κ2) is 8.38. The molecule has 0 aliphatic heterocycles. The fourth-order valence-corrected chi connectivity index (χ4v) is 2.85. The molecule has 0 unspecified atom stereocenters. The number of imidazole rings is 1. The van der Waals surface area contributed by atoms with Crippen LogP contribution in [0.15, 0.2) is 24.3 Å². The van der Waals surface area contributed by atoms with Crippen LogP contribution in [0.2, 0.25) is 0 Å². The van der Waals surface area contributed by atoms with E-state index < -0.39 is 0 Å². The summed E-state index contributed by atoms with van der Waals surface area (Å²) in [6.45, 7) is 5.30. The molecule has 0 aliphatic rings. The van der Waals surface area contributed by atoms with Crippen LogP contribution in [0.5, 0.6) is 0 Å². The number of hydrogen-bond acceptors (Lipinski definition) is 2. The van der Waals surface area contributed by atoms with Crippen LogP contribution in [-0.4, -0.2) is 22.0 Å². The van der Waals surface area contributed by atoms with Crippen molar-refractivity contribution in [3.8, 4) is 12.3 Å². The molecule has 0 saturated carbocycles. The first-order valence-corrected chi connectivity index (χ1v) is 8.36. The molecule has 0 atom stereocenters. The minimum atomic E-state index is 0.126. The largest absolute Gasteiger partial charge is 0.356 e.